The summed E-state index contributed by atoms with van der Waals surface area (Å²) in [6.45, 7) is 1.93. The van der Waals surface area contributed by atoms with E-state index in [2.05, 4.69) is 71.0 Å². The molecule has 4 nitrogen and oxygen atoms in total. The largest absolute Gasteiger partial charge is 0.325 e. The molecule has 0 atom stereocenters. The number of carbonyl (C=O) groups is 1. The van der Waals surface area contributed by atoms with Crippen LogP contribution in [-0.4, -0.2) is 22.9 Å². The molecule has 0 aliphatic carbocycles. The Labute approximate surface area is 233 Å². The zero-order valence-corrected chi connectivity index (χ0v) is 22.8. The maximum atomic E-state index is 12.4. The summed E-state index contributed by atoms with van der Waals surface area (Å²) in [5, 5.41) is 8.28. The van der Waals surface area contributed by atoms with Gasteiger partial charge in [0.25, 0.3) is 0 Å². The number of aliphatic imine (C=N–C) groups is 1. The molecule has 0 saturated heterocycles. The lowest BCUT2D eigenvalue weighted by atomic mass is 9.97. The number of nitrogens with zero attached hydrogens (tertiary/aromatic N) is 2. The van der Waals surface area contributed by atoms with E-state index >= 15 is 0 Å². The fraction of sp³-hybridized carbons (Fsp3) is 0.0645. The molecule has 0 bridgehead atoms. The first kappa shape index (κ1) is 24.6. The van der Waals surface area contributed by atoms with Crippen LogP contribution in [0.2, 0.25) is 5.02 Å². The number of halogens is 1. The van der Waals surface area contributed by atoms with E-state index in [1.807, 2.05) is 37.4 Å². The van der Waals surface area contributed by atoms with Crippen LogP contribution in [0.3, 0.4) is 0 Å². The van der Waals surface area contributed by atoms with Gasteiger partial charge in [-0.3, -0.25) is 9.79 Å². The van der Waals surface area contributed by atoms with E-state index in [0.29, 0.717) is 10.7 Å². The van der Waals surface area contributed by atoms with Gasteiger partial charge in [0.1, 0.15) is 0 Å². The van der Waals surface area contributed by atoms with Gasteiger partial charge >= 0.3 is 0 Å². The van der Waals surface area contributed by atoms with Crippen molar-refractivity contribution < 1.29 is 4.79 Å². The van der Waals surface area contributed by atoms with Crippen molar-refractivity contribution in [3.05, 3.63) is 107 Å². The SMILES string of the molecule is Cc1ccc(NC(=O)CSc2nc3ccc(N=Cc4c5ccccc5cc5ccccc45)cc3s2)cc1Cl. The fourth-order valence-corrected chi connectivity index (χ4v) is 6.44. The first-order valence-corrected chi connectivity index (χ1v) is 14.3. The van der Waals surface area contributed by atoms with Gasteiger partial charge in [0.2, 0.25) is 5.91 Å². The second kappa shape index (κ2) is 10.6. The van der Waals surface area contributed by atoms with Gasteiger partial charge in [0.05, 0.1) is 21.7 Å². The molecule has 0 unspecified atom stereocenters. The summed E-state index contributed by atoms with van der Waals surface area (Å²) in [5.41, 5.74) is 4.54. The summed E-state index contributed by atoms with van der Waals surface area (Å²) < 4.78 is 1.88. The molecule has 0 saturated carbocycles. The van der Waals surface area contributed by atoms with Crippen LogP contribution in [0.4, 0.5) is 11.4 Å². The van der Waals surface area contributed by atoms with Crippen LogP contribution in [0.25, 0.3) is 31.8 Å². The van der Waals surface area contributed by atoms with Gasteiger partial charge in [-0.25, -0.2) is 4.98 Å². The average Bonchev–Trinajstić information content (AvgIpc) is 3.34. The first-order valence-electron chi connectivity index (χ1n) is 12.1. The fourth-order valence-electron chi connectivity index (χ4n) is 4.36. The minimum absolute atomic E-state index is 0.0956. The standard InChI is InChI=1S/C31H22ClN3OS2/c1-19-10-11-23(15-27(19)32)34-30(36)18-37-31-35-28-13-12-22(16-29(28)38-31)33-17-26-24-8-4-2-6-20(24)14-21-7-3-5-9-25(21)26/h2-17H,18H2,1H3,(H,34,36). The Morgan fingerprint density at radius 1 is 0.974 bits per heavy atom. The molecule has 6 aromatic rings. The molecule has 1 amide bonds. The predicted octanol–water partition coefficient (Wildman–Crippen LogP) is 9.05. The van der Waals surface area contributed by atoms with Crippen molar-refractivity contribution in [2.24, 2.45) is 4.99 Å². The van der Waals surface area contributed by atoms with Gasteiger partial charge in [-0.1, -0.05) is 78.0 Å². The molecule has 1 aromatic heterocycles. The third-order valence-corrected chi connectivity index (χ3v) is 8.86. The number of hydrogen-bond acceptors (Lipinski definition) is 5. The third kappa shape index (κ3) is 5.16. The molecule has 6 rings (SSSR count). The number of fused-ring (bicyclic) bond motifs is 3. The Morgan fingerprint density at radius 2 is 1.71 bits per heavy atom. The molecule has 1 N–H and O–H groups in total. The Kier molecular flexibility index (Phi) is 6.85. The summed E-state index contributed by atoms with van der Waals surface area (Å²) in [7, 11) is 0. The molecule has 5 aromatic carbocycles. The van der Waals surface area contributed by atoms with Gasteiger partial charge < -0.3 is 5.32 Å². The maximum Gasteiger partial charge on any atom is 0.234 e. The number of thioether (sulfide) groups is 1. The highest BCUT2D eigenvalue weighted by Gasteiger charge is 2.10. The van der Waals surface area contributed by atoms with Crippen molar-refractivity contribution in [3.8, 4) is 0 Å². The summed E-state index contributed by atoms with van der Waals surface area (Å²) in [6.07, 6.45) is 1.96. The average molecular weight is 552 g/mol. The van der Waals surface area contributed by atoms with E-state index in [1.165, 1.54) is 33.3 Å². The summed E-state index contributed by atoms with van der Waals surface area (Å²) in [5.74, 6) is 0.173. The van der Waals surface area contributed by atoms with E-state index in [9.17, 15) is 4.79 Å². The van der Waals surface area contributed by atoms with Crippen molar-refractivity contribution in [3.63, 3.8) is 0 Å². The Bertz CT molecular complexity index is 1810. The second-order valence-electron chi connectivity index (χ2n) is 8.92. The van der Waals surface area contributed by atoms with Crippen LogP contribution < -0.4 is 5.32 Å². The number of nitrogens with one attached hydrogen (secondary N) is 1. The van der Waals surface area contributed by atoms with Crippen LogP contribution in [0, 0.1) is 6.92 Å². The van der Waals surface area contributed by atoms with E-state index in [0.717, 1.165) is 31.4 Å². The number of hydrogen-bond donors (Lipinski definition) is 1. The van der Waals surface area contributed by atoms with Crippen LogP contribution in [-0.2, 0) is 4.79 Å². The number of thiazole rings is 1. The molecule has 7 heteroatoms. The second-order valence-corrected chi connectivity index (χ2v) is 11.6. The number of amides is 1. The third-order valence-electron chi connectivity index (χ3n) is 6.29. The molecule has 186 valence electrons. The van der Waals surface area contributed by atoms with E-state index in [1.54, 1.807) is 17.4 Å². The van der Waals surface area contributed by atoms with E-state index in [4.69, 9.17) is 16.6 Å². The summed E-state index contributed by atoms with van der Waals surface area (Å²) >= 11 is 9.15. The van der Waals surface area contributed by atoms with Gasteiger partial charge in [0.15, 0.2) is 4.34 Å². The zero-order valence-electron chi connectivity index (χ0n) is 20.4. The molecule has 1 heterocycles. The highest BCUT2D eigenvalue weighted by Crippen LogP contribution is 2.33. The molecular formula is C31H22ClN3OS2. The lowest BCUT2D eigenvalue weighted by Crippen LogP contribution is -2.13. The van der Waals surface area contributed by atoms with Crippen molar-refractivity contribution in [1.82, 2.24) is 4.98 Å². The van der Waals surface area contributed by atoms with Crippen molar-refractivity contribution in [1.29, 1.82) is 0 Å². The number of aryl methyl sites for hydroxylation is 1. The normalized spacial score (nSPS) is 11.6. The highest BCUT2D eigenvalue weighted by atomic mass is 35.5. The smallest absolute Gasteiger partial charge is 0.234 e. The number of benzene rings is 5. The van der Waals surface area contributed by atoms with E-state index < -0.39 is 0 Å². The van der Waals surface area contributed by atoms with Crippen LogP contribution >= 0.6 is 34.7 Å². The van der Waals surface area contributed by atoms with Gasteiger partial charge in [0, 0.05) is 22.5 Å². The molecule has 0 radical (unpaired) electrons. The molecule has 0 aliphatic heterocycles. The van der Waals surface area contributed by atoms with E-state index in [-0.39, 0.29) is 11.7 Å². The Morgan fingerprint density at radius 3 is 2.45 bits per heavy atom. The van der Waals surface area contributed by atoms with Gasteiger partial charge in [-0.15, -0.1) is 11.3 Å². The van der Waals surface area contributed by atoms with Crippen LogP contribution in [0.1, 0.15) is 11.1 Å². The Balaban J connectivity index is 1.21. The highest BCUT2D eigenvalue weighted by molar-refractivity contribution is 8.01. The first-order chi connectivity index (χ1) is 18.5. The summed E-state index contributed by atoms with van der Waals surface area (Å²) in [6, 6.07) is 30.6. The number of rotatable bonds is 6. The topological polar surface area (TPSA) is 54.4 Å². The molecule has 0 aliphatic rings. The number of carbonyl (C=O) groups excluding carboxylic acids is 1. The number of anilines is 1. The summed E-state index contributed by atoms with van der Waals surface area (Å²) in [4.78, 5) is 22.0. The maximum absolute atomic E-state index is 12.4. The quantitative estimate of drug-likeness (QED) is 0.128. The zero-order chi connectivity index (χ0) is 26.1. The predicted molar refractivity (Wildman–Crippen MR) is 164 cm³/mol. The monoisotopic (exact) mass is 551 g/mol. The van der Waals surface area contributed by atoms with Crippen LogP contribution in [0.5, 0.6) is 0 Å². The van der Waals surface area contributed by atoms with Gasteiger partial charge in [-0.2, -0.15) is 0 Å². The molecule has 0 spiro atoms. The Hall–Kier alpha value is -3.71. The lowest BCUT2D eigenvalue weighted by Gasteiger charge is -2.07. The molecular weight excluding hydrogens is 530 g/mol. The lowest BCUT2D eigenvalue weighted by molar-refractivity contribution is -0.113. The van der Waals surface area contributed by atoms with Crippen LogP contribution in [0.15, 0.2) is 100 Å². The van der Waals surface area contributed by atoms with Crippen molar-refractivity contribution >= 4 is 90.0 Å². The molecule has 0 fully saturated rings. The van der Waals surface area contributed by atoms with Crippen molar-refractivity contribution in [2.45, 2.75) is 11.3 Å². The number of aromatic nitrogens is 1. The minimum Gasteiger partial charge on any atom is -0.325 e. The van der Waals surface area contributed by atoms with Gasteiger partial charge in [-0.05, 0) is 70.4 Å². The molecule has 38 heavy (non-hydrogen) atoms. The van der Waals surface area contributed by atoms with Crippen molar-refractivity contribution in [2.75, 3.05) is 11.1 Å². The minimum atomic E-state index is -0.0956.